The van der Waals surface area contributed by atoms with Gasteiger partial charge in [0.1, 0.15) is 0 Å². The Morgan fingerprint density at radius 2 is 1.67 bits per heavy atom. The fourth-order valence-corrected chi connectivity index (χ4v) is 2.74. The molecule has 0 unspecified atom stereocenters. The molecule has 15 heavy (non-hydrogen) atoms. The van der Waals surface area contributed by atoms with E-state index in [2.05, 4.69) is 10.2 Å². The molecule has 1 aliphatic carbocycles. The second kappa shape index (κ2) is 5.38. The number of nitrogens with zero attached hydrogens (tertiary/aromatic N) is 1. The van der Waals surface area contributed by atoms with E-state index in [0.29, 0.717) is 6.04 Å². The Morgan fingerprint density at radius 3 is 2.33 bits per heavy atom. The van der Waals surface area contributed by atoms with Gasteiger partial charge < -0.3 is 10.2 Å². The van der Waals surface area contributed by atoms with Crippen molar-refractivity contribution in [2.45, 2.75) is 57.4 Å². The van der Waals surface area contributed by atoms with Crippen LogP contribution in [0.2, 0.25) is 0 Å². The Balaban J connectivity index is 1.90. The minimum Gasteiger partial charge on any atom is -0.338 e. The Bertz CT molecular complexity index is 210. The smallest absolute Gasteiger partial charge is 0.317 e. The van der Waals surface area contributed by atoms with Crippen LogP contribution in [-0.2, 0) is 0 Å². The summed E-state index contributed by atoms with van der Waals surface area (Å²) in [7, 11) is 0. The molecule has 1 saturated heterocycles. The molecule has 1 saturated carbocycles. The van der Waals surface area contributed by atoms with Gasteiger partial charge in [-0.1, -0.05) is 32.1 Å². The van der Waals surface area contributed by atoms with E-state index in [1.54, 1.807) is 0 Å². The minimum atomic E-state index is 0.173. The lowest BCUT2D eigenvalue weighted by Gasteiger charge is -2.35. The van der Waals surface area contributed by atoms with E-state index in [-0.39, 0.29) is 6.03 Å². The molecule has 2 amide bonds. The molecule has 3 heteroatoms. The molecule has 0 aromatic heterocycles. The van der Waals surface area contributed by atoms with E-state index in [1.807, 2.05) is 0 Å². The zero-order valence-corrected chi connectivity index (χ0v) is 9.50. The van der Waals surface area contributed by atoms with Gasteiger partial charge in [0.25, 0.3) is 0 Å². The molecular weight excluding hydrogens is 188 g/mol. The second-order valence-electron chi connectivity index (χ2n) is 4.78. The van der Waals surface area contributed by atoms with Crippen LogP contribution in [0.1, 0.15) is 51.4 Å². The maximum atomic E-state index is 11.7. The van der Waals surface area contributed by atoms with E-state index in [4.69, 9.17) is 0 Å². The molecule has 0 atom stereocenters. The molecule has 3 nitrogen and oxygen atoms in total. The third-order valence-corrected chi connectivity index (χ3v) is 3.63. The highest BCUT2D eigenvalue weighted by Crippen LogP contribution is 2.22. The lowest BCUT2D eigenvalue weighted by atomic mass is 9.95. The van der Waals surface area contributed by atoms with Crippen LogP contribution in [-0.4, -0.2) is 30.1 Å². The lowest BCUT2D eigenvalue weighted by molar-refractivity contribution is 0.148. The van der Waals surface area contributed by atoms with Crippen LogP contribution in [0.25, 0.3) is 0 Å². The summed E-state index contributed by atoms with van der Waals surface area (Å²) >= 11 is 0. The average Bonchev–Trinajstić information content (AvgIpc) is 2.19. The third-order valence-electron chi connectivity index (χ3n) is 3.63. The second-order valence-corrected chi connectivity index (χ2v) is 4.78. The van der Waals surface area contributed by atoms with Gasteiger partial charge in [-0.15, -0.1) is 0 Å². The van der Waals surface area contributed by atoms with Crippen molar-refractivity contribution in [3.63, 3.8) is 0 Å². The molecule has 0 bridgehead atoms. The van der Waals surface area contributed by atoms with Crippen LogP contribution < -0.4 is 5.32 Å². The first-order valence-corrected chi connectivity index (χ1v) is 6.42. The molecule has 2 aliphatic rings. The summed E-state index contributed by atoms with van der Waals surface area (Å²) in [6.45, 7) is 1.83. The zero-order valence-electron chi connectivity index (χ0n) is 9.50. The molecule has 2 rings (SSSR count). The minimum absolute atomic E-state index is 0.173. The number of carbonyl (C=O) groups excluding carboxylic acids is 1. The van der Waals surface area contributed by atoms with Crippen LogP contribution in [0.4, 0.5) is 4.79 Å². The Morgan fingerprint density at radius 1 is 1.00 bits per heavy atom. The van der Waals surface area contributed by atoms with Gasteiger partial charge in [-0.05, 0) is 19.3 Å². The number of amides is 2. The molecule has 1 heterocycles. The van der Waals surface area contributed by atoms with Crippen molar-refractivity contribution in [2.24, 2.45) is 0 Å². The van der Waals surface area contributed by atoms with Gasteiger partial charge in [-0.3, -0.25) is 0 Å². The molecule has 0 aromatic rings. The summed E-state index contributed by atoms with van der Waals surface area (Å²) in [6, 6.07) is 0.692. The fourth-order valence-electron chi connectivity index (χ4n) is 2.74. The topological polar surface area (TPSA) is 32.3 Å². The zero-order chi connectivity index (χ0) is 10.5. The molecule has 0 aromatic carbocycles. The van der Waals surface area contributed by atoms with Gasteiger partial charge in [-0.2, -0.15) is 0 Å². The number of hydrogen-bond donors (Lipinski definition) is 1. The van der Waals surface area contributed by atoms with Crippen LogP contribution in [0, 0.1) is 0 Å². The summed E-state index contributed by atoms with van der Waals surface area (Å²) in [5, 5.41) is 2.95. The number of rotatable bonds is 1. The van der Waals surface area contributed by atoms with Crippen LogP contribution >= 0.6 is 0 Å². The standard InChI is InChI=1S/C12H22N2O/c15-12-13-9-6-10-14(12)11-7-4-2-1-3-5-8-11/h11H,1-10H2,(H,13,15). The van der Waals surface area contributed by atoms with Crippen molar-refractivity contribution < 1.29 is 4.79 Å². The summed E-state index contributed by atoms with van der Waals surface area (Å²) in [6.07, 6.45) is 10.2. The highest BCUT2D eigenvalue weighted by molar-refractivity contribution is 5.75. The van der Waals surface area contributed by atoms with Crippen molar-refractivity contribution in [2.75, 3.05) is 13.1 Å². The molecule has 1 aliphatic heterocycles. The first kappa shape index (κ1) is 10.8. The van der Waals surface area contributed by atoms with Crippen LogP contribution in [0.15, 0.2) is 0 Å². The van der Waals surface area contributed by atoms with Gasteiger partial charge >= 0.3 is 6.03 Å². The predicted octanol–water partition coefficient (Wildman–Crippen LogP) is 2.51. The summed E-state index contributed by atoms with van der Waals surface area (Å²) in [5.74, 6) is 0. The number of hydrogen-bond acceptors (Lipinski definition) is 1. The monoisotopic (exact) mass is 210 g/mol. The maximum absolute atomic E-state index is 11.7. The fraction of sp³-hybridized carbons (Fsp3) is 0.917. The van der Waals surface area contributed by atoms with Crippen molar-refractivity contribution in [3.05, 3.63) is 0 Å². The SMILES string of the molecule is O=C1NCCCN1C1CCCCCCC1. The van der Waals surface area contributed by atoms with Crippen LogP contribution in [0.3, 0.4) is 0 Å². The highest BCUT2D eigenvalue weighted by atomic mass is 16.2. The first-order valence-electron chi connectivity index (χ1n) is 6.42. The molecule has 86 valence electrons. The van der Waals surface area contributed by atoms with E-state index in [0.717, 1.165) is 19.5 Å². The summed E-state index contributed by atoms with van der Waals surface area (Å²) in [4.78, 5) is 13.8. The van der Waals surface area contributed by atoms with Gasteiger partial charge in [0.2, 0.25) is 0 Å². The van der Waals surface area contributed by atoms with Gasteiger partial charge in [-0.25, -0.2) is 4.79 Å². The molecule has 1 N–H and O–H groups in total. The predicted molar refractivity (Wildman–Crippen MR) is 60.8 cm³/mol. The van der Waals surface area contributed by atoms with Crippen molar-refractivity contribution in [1.29, 1.82) is 0 Å². The summed E-state index contributed by atoms with van der Waals surface area (Å²) in [5.41, 5.74) is 0. The first-order chi connectivity index (χ1) is 7.38. The lowest BCUT2D eigenvalue weighted by Crippen LogP contribution is -2.51. The molecule has 0 spiro atoms. The van der Waals surface area contributed by atoms with E-state index >= 15 is 0 Å². The van der Waals surface area contributed by atoms with E-state index in [9.17, 15) is 4.79 Å². The van der Waals surface area contributed by atoms with E-state index in [1.165, 1.54) is 44.9 Å². The van der Waals surface area contributed by atoms with Crippen molar-refractivity contribution >= 4 is 6.03 Å². The van der Waals surface area contributed by atoms with Gasteiger partial charge in [0.05, 0.1) is 0 Å². The Hall–Kier alpha value is -0.730. The number of urea groups is 1. The van der Waals surface area contributed by atoms with E-state index < -0.39 is 0 Å². The Kier molecular flexibility index (Phi) is 3.87. The third kappa shape index (κ3) is 2.86. The number of nitrogens with one attached hydrogen (secondary N) is 1. The largest absolute Gasteiger partial charge is 0.338 e. The molecule has 0 radical (unpaired) electrons. The summed E-state index contributed by atoms with van der Waals surface area (Å²) < 4.78 is 0. The molecular formula is C12H22N2O. The quantitative estimate of drug-likeness (QED) is 0.708. The number of carbonyl (C=O) groups is 1. The van der Waals surface area contributed by atoms with Crippen molar-refractivity contribution in [3.8, 4) is 0 Å². The van der Waals surface area contributed by atoms with Gasteiger partial charge in [0, 0.05) is 19.1 Å². The van der Waals surface area contributed by atoms with Crippen LogP contribution in [0.5, 0.6) is 0 Å². The average molecular weight is 210 g/mol. The highest BCUT2D eigenvalue weighted by Gasteiger charge is 2.25. The Labute approximate surface area is 92.2 Å². The molecule has 2 fully saturated rings. The van der Waals surface area contributed by atoms with Gasteiger partial charge in [0.15, 0.2) is 0 Å². The van der Waals surface area contributed by atoms with Crippen molar-refractivity contribution in [1.82, 2.24) is 10.2 Å². The normalized spacial score (nSPS) is 25.6. The maximum Gasteiger partial charge on any atom is 0.317 e.